The largest absolute Gasteiger partial charge is 0.347 e. The summed E-state index contributed by atoms with van der Waals surface area (Å²) >= 11 is 11.7. The maximum absolute atomic E-state index is 12.4. The lowest BCUT2D eigenvalue weighted by atomic mass is 10.2. The molecule has 0 aliphatic carbocycles. The Morgan fingerprint density at radius 1 is 0.857 bits per heavy atom. The van der Waals surface area contributed by atoms with E-state index in [1.54, 1.807) is 31.3 Å². The molecule has 144 valence electrons. The average molecular weight is 417 g/mol. The Bertz CT molecular complexity index is 982. The molecule has 0 spiro atoms. The Labute approximate surface area is 172 Å². The average Bonchev–Trinajstić information content (AvgIpc) is 3.08. The second-order valence-electron chi connectivity index (χ2n) is 6.16. The topological polar surface area (TPSA) is 76.0 Å². The van der Waals surface area contributed by atoms with Crippen LogP contribution in [0.4, 0.5) is 0 Å². The standard InChI is InChI=1S/C20H18Cl2N4O2/c1-26-18(20(28)24-12-14-4-8-16(22)9-5-14)10-17(25-26)19(27)23-11-13-2-6-15(21)7-3-13/h2-10H,11-12H2,1H3,(H,23,27)(H,24,28). The fourth-order valence-corrected chi connectivity index (χ4v) is 2.79. The summed E-state index contributed by atoms with van der Waals surface area (Å²) in [4.78, 5) is 24.7. The van der Waals surface area contributed by atoms with Crippen molar-refractivity contribution in [2.24, 2.45) is 7.05 Å². The van der Waals surface area contributed by atoms with Crippen LogP contribution in [0.5, 0.6) is 0 Å². The number of benzene rings is 2. The van der Waals surface area contributed by atoms with Gasteiger partial charge in [-0.1, -0.05) is 47.5 Å². The highest BCUT2D eigenvalue weighted by Crippen LogP contribution is 2.11. The molecule has 6 nitrogen and oxygen atoms in total. The number of hydrogen-bond acceptors (Lipinski definition) is 3. The van der Waals surface area contributed by atoms with E-state index in [1.165, 1.54) is 10.7 Å². The van der Waals surface area contributed by atoms with Crippen LogP contribution in [0.25, 0.3) is 0 Å². The van der Waals surface area contributed by atoms with Crippen molar-refractivity contribution in [3.8, 4) is 0 Å². The molecule has 0 aliphatic rings. The van der Waals surface area contributed by atoms with Gasteiger partial charge in [-0.25, -0.2) is 0 Å². The second kappa shape index (κ2) is 8.91. The van der Waals surface area contributed by atoms with Crippen molar-refractivity contribution in [3.05, 3.63) is 87.2 Å². The summed E-state index contributed by atoms with van der Waals surface area (Å²) in [5, 5.41) is 11.0. The molecule has 0 saturated carbocycles. The predicted octanol–water partition coefficient (Wildman–Crippen LogP) is 3.59. The summed E-state index contributed by atoms with van der Waals surface area (Å²) in [5.74, 6) is -0.677. The molecule has 1 aromatic heterocycles. The van der Waals surface area contributed by atoms with Crippen molar-refractivity contribution in [2.45, 2.75) is 13.1 Å². The monoisotopic (exact) mass is 416 g/mol. The van der Waals surface area contributed by atoms with Crippen molar-refractivity contribution in [2.75, 3.05) is 0 Å². The van der Waals surface area contributed by atoms with Crippen molar-refractivity contribution in [1.82, 2.24) is 20.4 Å². The highest BCUT2D eigenvalue weighted by molar-refractivity contribution is 6.30. The molecule has 2 N–H and O–H groups in total. The minimum absolute atomic E-state index is 0.174. The molecular weight excluding hydrogens is 399 g/mol. The van der Waals surface area contributed by atoms with E-state index in [1.807, 2.05) is 24.3 Å². The Balaban J connectivity index is 1.59. The number of aromatic nitrogens is 2. The number of aryl methyl sites for hydroxylation is 1. The number of carbonyl (C=O) groups is 2. The first kappa shape index (κ1) is 19.9. The van der Waals surface area contributed by atoms with Crippen molar-refractivity contribution in [3.63, 3.8) is 0 Å². The Hall–Kier alpha value is -2.83. The smallest absolute Gasteiger partial charge is 0.272 e. The number of rotatable bonds is 6. The van der Waals surface area contributed by atoms with E-state index in [9.17, 15) is 9.59 Å². The summed E-state index contributed by atoms with van der Waals surface area (Å²) in [6.07, 6.45) is 0. The number of nitrogens with one attached hydrogen (secondary N) is 2. The quantitative estimate of drug-likeness (QED) is 0.644. The maximum Gasteiger partial charge on any atom is 0.272 e. The Kier molecular flexibility index (Phi) is 6.34. The van der Waals surface area contributed by atoms with E-state index in [0.717, 1.165) is 11.1 Å². The van der Waals surface area contributed by atoms with Crippen LogP contribution in [0.15, 0.2) is 54.6 Å². The van der Waals surface area contributed by atoms with E-state index in [-0.39, 0.29) is 17.5 Å². The first-order valence-electron chi connectivity index (χ1n) is 8.51. The lowest BCUT2D eigenvalue weighted by Gasteiger charge is -2.05. The summed E-state index contributed by atoms with van der Waals surface area (Å²) in [5.41, 5.74) is 2.30. The van der Waals surface area contributed by atoms with Gasteiger partial charge in [0.25, 0.3) is 11.8 Å². The van der Waals surface area contributed by atoms with Crippen LogP contribution in [0.1, 0.15) is 32.1 Å². The Morgan fingerprint density at radius 3 is 1.82 bits per heavy atom. The van der Waals surface area contributed by atoms with E-state index in [0.29, 0.717) is 28.8 Å². The predicted molar refractivity (Wildman–Crippen MR) is 108 cm³/mol. The Morgan fingerprint density at radius 2 is 1.32 bits per heavy atom. The van der Waals surface area contributed by atoms with Gasteiger partial charge in [0.15, 0.2) is 5.69 Å². The normalized spacial score (nSPS) is 10.5. The summed E-state index contributed by atoms with van der Waals surface area (Å²) in [6, 6.07) is 15.8. The van der Waals surface area contributed by atoms with Crippen LogP contribution >= 0.6 is 23.2 Å². The number of hydrogen-bond donors (Lipinski definition) is 2. The third-order valence-corrected chi connectivity index (χ3v) is 4.58. The van der Waals surface area contributed by atoms with Gasteiger partial charge in [0.1, 0.15) is 5.69 Å². The zero-order valence-electron chi connectivity index (χ0n) is 15.1. The number of carbonyl (C=O) groups excluding carboxylic acids is 2. The molecule has 8 heteroatoms. The highest BCUT2D eigenvalue weighted by Gasteiger charge is 2.17. The fourth-order valence-electron chi connectivity index (χ4n) is 2.54. The molecule has 28 heavy (non-hydrogen) atoms. The SMILES string of the molecule is Cn1nc(C(=O)NCc2ccc(Cl)cc2)cc1C(=O)NCc1ccc(Cl)cc1. The van der Waals surface area contributed by atoms with Crippen LogP contribution in [0, 0.1) is 0 Å². The number of halogens is 2. The van der Waals surface area contributed by atoms with Gasteiger partial charge in [-0.2, -0.15) is 5.10 Å². The van der Waals surface area contributed by atoms with Crippen LogP contribution in [0.3, 0.4) is 0 Å². The van der Waals surface area contributed by atoms with Crippen LogP contribution in [-0.2, 0) is 20.1 Å². The van der Waals surface area contributed by atoms with E-state index < -0.39 is 0 Å². The first-order valence-corrected chi connectivity index (χ1v) is 9.27. The van der Waals surface area contributed by atoms with Crippen LogP contribution < -0.4 is 10.6 Å². The molecular formula is C20H18Cl2N4O2. The molecule has 0 fully saturated rings. The fraction of sp³-hybridized carbons (Fsp3) is 0.150. The number of amides is 2. The van der Waals surface area contributed by atoms with E-state index in [4.69, 9.17) is 23.2 Å². The zero-order chi connectivity index (χ0) is 20.1. The molecule has 2 aromatic carbocycles. The lowest BCUT2D eigenvalue weighted by molar-refractivity contribution is 0.0935. The van der Waals surface area contributed by atoms with Crippen LogP contribution in [0.2, 0.25) is 10.0 Å². The molecule has 0 atom stereocenters. The minimum Gasteiger partial charge on any atom is -0.347 e. The number of nitrogens with zero attached hydrogens (tertiary/aromatic N) is 2. The van der Waals surface area contributed by atoms with E-state index in [2.05, 4.69) is 15.7 Å². The second-order valence-corrected chi connectivity index (χ2v) is 7.03. The molecule has 1 heterocycles. The van der Waals surface area contributed by atoms with Gasteiger partial charge in [0, 0.05) is 36.2 Å². The third kappa shape index (κ3) is 5.12. The molecule has 0 aliphatic heterocycles. The third-order valence-electron chi connectivity index (χ3n) is 4.08. The minimum atomic E-state index is -0.359. The van der Waals surface area contributed by atoms with Crippen molar-refractivity contribution < 1.29 is 9.59 Å². The van der Waals surface area contributed by atoms with Gasteiger partial charge in [-0.05, 0) is 35.4 Å². The van der Waals surface area contributed by atoms with Crippen molar-refractivity contribution in [1.29, 1.82) is 0 Å². The summed E-state index contributed by atoms with van der Waals surface area (Å²) in [7, 11) is 1.62. The van der Waals surface area contributed by atoms with E-state index >= 15 is 0 Å². The molecule has 3 rings (SSSR count). The lowest BCUT2D eigenvalue weighted by Crippen LogP contribution is -2.25. The zero-order valence-corrected chi connectivity index (χ0v) is 16.6. The highest BCUT2D eigenvalue weighted by atomic mass is 35.5. The molecule has 3 aromatic rings. The van der Waals surface area contributed by atoms with Gasteiger partial charge < -0.3 is 10.6 Å². The van der Waals surface area contributed by atoms with Gasteiger partial charge in [0.2, 0.25) is 0 Å². The van der Waals surface area contributed by atoms with Gasteiger partial charge in [-0.15, -0.1) is 0 Å². The molecule has 0 radical (unpaired) electrons. The molecule has 0 unspecified atom stereocenters. The van der Waals surface area contributed by atoms with Gasteiger partial charge >= 0.3 is 0 Å². The van der Waals surface area contributed by atoms with Crippen molar-refractivity contribution >= 4 is 35.0 Å². The van der Waals surface area contributed by atoms with Gasteiger partial charge in [0.05, 0.1) is 0 Å². The van der Waals surface area contributed by atoms with Gasteiger partial charge in [-0.3, -0.25) is 14.3 Å². The summed E-state index contributed by atoms with van der Waals surface area (Å²) < 4.78 is 1.38. The maximum atomic E-state index is 12.4. The first-order chi connectivity index (χ1) is 13.4. The molecule has 0 saturated heterocycles. The molecule has 0 bridgehead atoms. The van der Waals surface area contributed by atoms with Crippen LogP contribution in [-0.4, -0.2) is 21.6 Å². The molecule has 2 amide bonds. The summed E-state index contributed by atoms with van der Waals surface area (Å²) in [6.45, 7) is 0.684.